The van der Waals surface area contributed by atoms with Crippen LogP contribution < -0.4 is 10.6 Å². The van der Waals surface area contributed by atoms with Gasteiger partial charge in [-0.1, -0.05) is 24.3 Å². The van der Waals surface area contributed by atoms with Crippen molar-refractivity contribution in [3.05, 3.63) is 65.7 Å². The number of H-pyrrole nitrogens is 1. The van der Waals surface area contributed by atoms with E-state index in [2.05, 4.69) is 25.6 Å². The summed E-state index contributed by atoms with van der Waals surface area (Å²) in [6, 6.07) is 14.5. The molecule has 0 spiro atoms. The van der Waals surface area contributed by atoms with Gasteiger partial charge in [0.2, 0.25) is 0 Å². The third kappa shape index (κ3) is 4.79. The summed E-state index contributed by atoms with van der Waals surface area (Å²) in [6.45, 7) is 3.91. The number of nitrogens with one attached hydrogen (secondary N) is 3. The maximum atomic E-state index is 13.2. The number of imidazole rings is 1. The van der Waals surface area contributed by atoms with Gasteiger partial charge in [0.25, 0.3) is 0 Å². The van der Waals surface area contributed by atoms with Gasteiger partial charge in [-0.25, -0.2) is 14.4 Å². The Kier molecular flexibility index (Phi) is 5.61. The van der Waals surface area contributed by atoms with Crippen molar-refractivity contribution >= 4 is 17.0 Å². The molecule has 0 atom stereocenters. The third-order valence-electron chi connectivity index (χ3n) is 3.75. The molecule has 3 N–H and O–H groups in total. The molecule has 6 heteroatoms. The van der Waals surface area contributed by atoms with Crippen molar-refractivity contribution in [2.45, 2.75) is 19.9 Å². The first kappa shape index (κ1) is 17.0. The largest absolute Gasteiger partial charge is 0.357 e. The van der Waals surface area contributed by atoms with Crippen molar-refractivity contribution in [1.29, 1.82) is 0 Å². The molecule has 0 unspecified atom stereocenters. The molecule has 1 heterocycles. The van der Waals surface area contributed by atoms with Gasteiger partial charge in [0.05, 0.1) is 17.6 Å². The Balaban J connectivity index is 1.56. The highest BCUT2D eigenvalue weighted by Crippen LogP contribution is 2.10. The second-order valence-corrected chi connectivity index (χ2v) is 5.70. The van der Waals surface area contributed by atoms with Crippen LogP contribution in [0.4, 0.5) is 4.39 Å². The van der Waals surface area contributed by atoms with Crippen molar-refractivity contribution in [2.75, 3.05) is 13.1 Å². The van der Waals surface area contributed by atoms with E-state index in [1.807, 2.05) is 37.3 Å². The highest BCUT2D eigenvalue weighted by molar-refractivity contribution is 5.79. The van der Waals surface area contributed by atoms with Crippen LogP contribution in [-0.4, -0.2) is 29.0 Å². The molecule has 0 amide bonds. The van der Waals surface area contributed by atoms with E-state index in [1.165, 1.54) is 12.1 Å². The lowest BCUT2D eigenvalue weighted by molar-refractivity contribution is 0.625. The molecule has 0 aliphatic heterocycles. The summed E-state index contributed by atoms with van der Waals surface area (Å²) < 4.78 is 13.2. The number of fused-ring (bicyclic) bond motifs is 1. The summed E-state index contributed by atoms with van der Waals surface area (Å²) >= 11 is 0. The number of aliphatic imine (C=N–C) groups is 1. The highest BCUT2D eigenvalue weighted by Gasteiger charge is 2.03. The lowest BCUT2D eigenvalue weighted by Gasteiger charge is -2.10. The second kappa shape index (κ2) is 8.28. The minimum atomic E-state index is -0.240. The normalized spacial score (nSPS) is 11.7. The summed E-state index contributed by atoms with van der Waals surface area (Å²) in [5.74, 6) is 1.41. The number of halogens is 1. The SMILES string of the molecule is CCNC(=NCc1cccc(F)c1)NCCc1nc2ccccc2[nH]1. The molecule has 0 fully saturated rings. The lowest BCUT2D eigenvalue weighted by atomic mass is 10.2. The Morgan fingerprint density at radius 1 is 1.16 bits per heavy atom. The van der Waals surface area contributed by atoms with Gasteiger partial charge in [-0.2, -0.15) is 0 Å². The van der Waals surface area contributed by atoms with Crippen LogP contribution in [0, 0.1) is 5.82 Å². The van der Waals surface area contributed by atoms with E-state index >= 15 is 0 Å². The Bertz CT molecular complexity index is 823. The van der Waals surface area contributed by atoms with Gasteiger partial charge >= 0.3 is 0 Å². The van der Waals surface area contributed by atoms with E-state index in [1.54, 1.807) is 6.07 Å². The van der Waals surface area contributed by atoms with Crippen LogP contribution in [0.25, 0.3) is 11.0 Å². The van der Waals surface area contributed by atoms with Gasteiger partial charge in [-0.15, -0.1) is 0 Å². The maximum Gasteiger partial charge on any atom is 0.191 e. The predicted octanol–water partition coefficient (Wildman–Crippen LogP) is 3.00. The highest BCUT2D eigenvalue weighted by atomic mass is 19.1. The van der Waals surface area contributed by atoms with Crippen molar-refractivity contribution < 1.29 is 4.39 Å². The predicted molar refractivity (Wildman–Crippen MR) is 99.0 cm³/mol. The number of para-hydroxylation sites is 2. The summed E-state index contributed by atoms with van der Waals surface area (Å²) in [7, 11) is 0. The molecular weight excluding hydrogens is 317 g/mol. The van der Waals surface area contributed by atoms with Gasteiger partial charge in [-0.3, -0.25) is 0 Å². The van der Waals surface area contributed by atoms with Crippen LogP contribution in [0.2, 0.25) is 0 Å². The molecular formula is C19H22FN5. The minimum absolute atomic E-state index is 0.240. The molecule has 1 aromatic heterocycles. The minimum Gasteiger partial charge on any atom is -0.357 e. The van der Waals surface area contributed by atoms with Crippen LogP contribution in [0.1, 0.15) is 18.3 Å². The van der Waals surface area contributed by atoms with E-state index < -0.39 is 0 Å². The molecule has 130 valence electrons. The number of nitrogens with zero attached hydrogens (tertiary/aromatic N) is 2. The summed E-state index contributed by atoms with van der Waals surface area (Å²) in [5, 5.41) is 6.48. The van der Waals surface area contributed by atoms with Crippen LogP contribution >= 0.6 is 0 Å². The summed E-state index contributed by atoms with van der Waals surface area (Å²) in [4.78, 5) is 12.4. The molecule has 0 aliphatic carbocycles. The second-order valence-electron chi connectivity index (χ2n) is 5.70. The Hall–Kier alpha value is -2.89. The van der Waals surface area contributed by atoms with Gasteiger partial charge in [0.15, 0.2) is 5.96 Å². The molecule has 0 saturated carbocycles. The van der Waals surface area contributed by atoms with E-state index in [0.717, 1.165) is 35.4 Å². The van der Waals surface area contributed by atoms with Crippen LogP contribution in [0.3, 0.4) is 0 Å². The van der Waals surface area contributed by atoms with Crippen molar-refractivity contribution in [2.24, 2.45) is 4.99 Å². The smallest absolute Gasteiger partial charge is 0.191 e. The first-order chi connectivity index (χ1) is 12.2. The number of rotatable bonds is 6. The number of hydrogen-bond acceptors (Lipinski definition) is 2. The van der Waals surface area contributed by atoms with Crippen molar-refractivity contribution in [1.82, 2.24) is 20.6 Å². The molecule has 0 aliphatic rings. The number of hydrogen-bond donors (Lipinski definition) is 3. The van der Waals surface area contributed by atoms with Gasteiger partial charge < -0.3 is 15.6 Å². The fourth-order valence-corrected chi connectivity index (χ4v) is 2.57. The fraction of sp³-hybridized carbons (Fsp3) is 0.263. The zero-order valence-electron chi connectivity index (χ0n) is 14.2. The molecule has 2 aromatic carbocycles. The van der Waals surface area contributed by atoms with E-state index in [0.29, 0.717) is 19.0 Å². The Labute approximate surface area is 146 Å². The monoisotopic (exact) mass is 339 g/mol. The average Bonchev–Trinajstić information content (AvgIpc) is 3.02. The average molecular weight is 339 g/mol. The van der Waals surface area contributed by atoms with E-state index in [9.17, 15) is 4.39 Å². The number of aromatic nitrogens is 2. The molecule has 3 rings (SSSR count). The maximum absolute atomic E-state index is 13.2. The van der Waals surface area contributed by atoms with Crippen molar-refractivity contribution in [3.63, 3.8) is 0 Å². The summed E-state index contributed by atoms with van der Waals surface area (Å²) in [6.07, 6.45) is 0.763. The zero-order valence-corrected chi connectivity index (χ0v) is 14.2. The standard InChI is InChI=1S/C19H22FN5/c1-2-21-19(23-13-14-6-5-7-15(20)12-14)22-11-10-18-24-16-8-3-4-9-17(16)25-18/h3-9,12H,2,10-11,13H2,1H3,(H,24,25)(H2,21,22,23). The Morgan fingerprint density at radius 3 is 2.84 bits per heavy atom. The van der Waals surface area contributed by atoms with Gasteiger partial charge in [0, 0.05) is 19.5 Å². The van der Waals surface area contributed by atoms with Crippen LogP contribution in [-0.2, 0) is 13.0 Å². The fourth-order valence-electron chi connectivity index (χ4n) is 2.57. The topological polar surface area (TPSA) is 65.1 Å². The molecule has 0 radical (unpaired) electrons. The zero-order chi connectivity index (χ0) is 17.5. The molecule has 5 nitrogen and oxygen atoms in total. The van der Waals surface area contributed by atoms with Gasteiger partial charge in [-0.05, 0) is 36.8 Å². The van der Waals surface area contributed by atoms with Crippen molar-refractivity contribution in [3.8, 4) is 0 Å². The molecule has 25 heavy (non-hydrogen) atoms. The van der Waals surface area contributed by atoms with Crippen LogP contribution in [0.15, 0.2) is 53.5 Å². The first-order valence-electron chi connectivity index (χ1n) is 8.45. The van der Waals surface area contributed by atoms with Gasteiger partial charge in [0.1, 0.15) is 11.6 Å². The first-order valence-corrected chi connectivity index (χ1v) is 8.45. The number of guanidine groups is 1. The summed E-state index contributed by atoms with van der Waals surface area (Å²) in [5.41, 5.74) is 2.86. The van der Waals surface area contributed by atoms with E-state index in [4.69, 9.17) is 0 Å². The quantitative estimate of drug-likeness (QED) is 0.478. The lowest BCUT2D eigenvalue weighted by Crippen LogP contribution is -2.38. The molecule has 3 aromatic rings. The number of benzene rings is 2. The van der Waals surface area contributed by atoms with Crippen LogP contribution in [0.5, 0.6) is 0 Å². The number of aromatic amines is 1. The Morgan fingerprint density at radius 2 is 2.04 bits per heavy atom. The molecule has 0 saturated heterocycles. The van der Waals surface area contributed by atoms with E-state index in [-0.39, 0.29) is 5.82 Å². The molecule has 0 bridgehead atoms. The third-order valence-corrected chi connectivity index (χ3v) is 3.75.